The molecule has 2 aromatic carbocycles. The molecule has 0 aliphatic carbocycles. The molecule has 14 heteroatoms. The van der Waals surface area contributed by atoms with E-state index in [1.807, 2.05) is 0 Å². The van der Waals surface area contributed by atoms with Crippen molar-refractivity contribution < 1.29 is 45.8 Å². The van der Waals surface area contributed by atoms with E-state index < -0.39 is 46.4 Å². The molecule has 0 amide bonds. The summed E-state index contributed by atoms with van der Waals surface area (Å²) in [4.78, 5) is 24.1. The molecule has 3 aromatic rings. The summed E-state index contributed by atoms with van der Waals surface area (Å²) < 4.78 is 83.6. The second-order valence-electron chi connectivity index (χ2n) is 8.30. The fraction of sp³-hybridized carbons (Fsp3) is 0.304. The molecule has 1 atom stereocenters. The molecule has 0 fully saturated rings. The summed E-state index contributed by atoms with van der Waals surface area (Å²) in [5.41, 5.74) is -1.47. The van der Waals surface area contributed by atoms with Gasteiger partial charge in [0.1, 0.15) is 10.4 Å². The lowest BCUT2D eigenvalue weighted by Gasteiger charge is -2.19. The molecule has 0 bridgehead atoms. The van der Waals surface area contributed by atoms with Gasteiger partial charge in [-0.25, -0.2) is 9.48 Å². The van der Waals surface area contributed by atoms with Gasteiger partial charge >= 0.3 is 24.3 Å². The SMILES string of the molecule is CC(C)(Sc1ccc(C(=O)O[C@H](c2cn(Cc3ccc(C(F)(F)F)cc3)nn2)C(F)(F)F)cc1)C(=O)O. The Balaban J connectivity index is 1.72. The van der Waals surface area contributed by atoms with Crippen LogP contribution in [0.3, 0.4) is 0 Å². The van der Waals surface area contributed by atoms with E-state index in [-0.39, 0.29) is 12.1 Å². The van der Waals surface area contributed by atoms with Crippen LogP contribution in [0.15, 0.2) is 59.6 Å². The zero-order chi connectivity index (χ0) is 27.6. The molecule has 0 saturated heterocycles. The molecule has 198 valence electrons. The number of carboxylic acid groups (broad SMARTS) is 1. The van der Waals surface area contributed by atoms with Crippen LogP contribution in [0.4, 0.5) is 26.3 Å². The van der Waals surface area contributed by atoms with Crippen LogP contribution in [0.2, 0.25) is 0 Å². The third-order valence-corrected chi connectivity index (χ3v) is 6.14. The third-order valence-electron chi connectivity index (χ3n) is 4.95. The highest BCUT2D eigenvalue weighted by Gasteiger charge is 2.46. The number of alkyl halides is 6. The molecule has 0 unspecified atom stereocenters. The normalized spacial score (nSPS) is 13.3. The Hall–Kier alpha value is -3.55. The van der Waals surface area contributed by atoms with Crippen molar-refractivity contribution in [2.45, 2.75) is 48.5 Å². The molecule has 0 radical (unpaired) electrons. The summed E-state index contributed by atoms with van der Waals surface area (Å²) in [6, 6.07) is 9.16. The van der Waals surface area contributed by atoms with Crippen molar-refractivity contribution in [2.24, 2.45) is 0 Å². The summed E-state index contributed by atoms with van der Waals surface area (Å²) in [6.07, 6.45) is -11.4. The number of carbonyl (C=O) groups is 2. The highest BCUT2D eigenvalue weighted by Crippen LogP contribution is 2.36. The van der Waals surface area contributed by atoms with Crippen molar-refractivity contribution in [3.05, 3.63) is 77.1 Å². The molecule has 3 rings (SSSR count). The van der Waals surface area contributed by atoms with Crippen LogP contribution in [0.1, 0.15) is 47.1 Å². The first kappa shape index (κ1) is 28.0. The number of thioether (sulfide) groups is 1. The molecule has 7 nitrogen and oxygen atoms in total. The summed E-state index contributed by atoms with van der Waals surface area (Å²) in [5, 5.41) is 16.2. The quantitative estimate of drug-likeness (QED) is 0.218. The van der Waals surface area contributed by atoms with Crippen LogP contribution in [0, 0.1) is 0 Å². The number of benzene rings is 2. The van der Waals surface area contributed by atoms with Gasteiger partial charge in [-0.15, -0.1) is 16.9 Å². The Kier molecular flexibility index (Phi) is 7.91. The van der Waals surface area contributed by atoms with Crippen LogP contribution >= 0.6 is 11.8 Å². The zero-order valence-corrected chi connectivity index (χ0v) is 20.0. The lowest BCUT2D eigenvalue weighted by molar-refractivity contribution is -0.208. The first-order chi connectivity index (χ1) is 17.1. The largest absolute Gasteiger partial charge is 0.480 e. The van der Waals surface area contributed by atoms with Crippen molar-refractivity contribution in [1.82, 2.24) is 15.0 Å². The van der Waals surface area contributed by atoms with Gasteiger partial charge in [0.25, 0.3) is 0 Å². The summed E-state index contributed by atoms with van der Waals surface area (Å²) in [7, 11) is 0. The molecule has 37 heavy (non-hydrogen) atoms. The molecule has 1 N–H and O–H groups in total. The second kappa shape index (κ2) is 10.4. The van der Waals surface area contributed by atoms with Crippen molar-refractivity contribution >= 4 is 23.7 Å². The first-order valence-electron chi connectivity index (χ1n) is 10.4. The molecule has 0 aliphatic heterocycles. The number of rotatable bonds is 8. The molecule has 1 aromatic heterocycles. The third kappa shape index (κ3) is 7.24. The standard InChI is InChI=1S/C23H19F6N3O4S/c1-21(2,20(34)35)37-16-9-5-14(6-10-16)19(33)36-18(23(27,28)29)17-12-32(31-30-17)11-13-3-7-15(8-4-13)22(24,25)26/h3-10,12,18H,11H2,1-2H3,(H,34,35)/t18-/m1/s1. The Labute approximate surface area is 210 Å². The van der Waals surface area contributed by atoms with Gasteiger partial charge in [-0.05, 0) is 55.8 Å². The zero-order valence-electron chi connectivity index (χ0n) is 19.2. The molecule has 0 spiro atoms. The number of ether oxygens (including phenoxy) is 1. The van der Waals surface area contributed by atoms with Crippen molar-refractivity contribution in [3.8, 4) is 0 Å². The number of hydrogen-bond donors (Lipinski definition) is 1. The fourth-order valence-corrected chi connectivity index (χ4v) is 3.91. The topological polar surface area (TPSA) is 94.3 Å². The van der Waals surface area contributed by atoms with E-state index in [9.17, 15) is 41.0 Å². The summed E-state index contributed by atoms with van der Waals surface area (Å²) >= 11 is 0.986. The minimum Gasteiger partial charge on any atom is -0.480 e. The minimum absolute atomic E-state index is 0.171. The highest BCUT2D eigenvalue weighted by atomic mass is 32.2. The van der Waals surface area contributed by atoms with Gasteiger partial charge in [0.15, 0.2) is 0 Å². The Morgan fingerprint density at radius 1 is 1.00 bits per heavy atom. The molecule has 1 heterocycles. The maximum absolute atomic E-state index is 13.7. The molecular weight excluding hydrogens is 528 g/mol. The number of esters is 1. The Morgan fingerprint density at radius 3 is 2.11 bits per heavy atom. The lowest BCUT2D eigenvalue weighted by atomic mass is 10.1. The maximum Gasteiger partial charge on any atom is 0.431 e. The van der Waals surface area contributed by atoms with E-state index >= 15 is 0 Å². The predicted molar refractivity (Wildman–Crippen MR) is 119 cm³/mol. The van der Waals surface area contributed by atoms with Crippen molar-refractivity contribution in [3.63, 3.8) is 0 Å². The van der Waals surface area contributed by atoms with Crippen LogP contribution in [-0.2, 0) is 22.3 Å². The van der Waals surface area contributed by atoms with Gasteiger partial charge < -0.3 is 9.84 Å². The second-order valence-corrected chi connectivity index (χ2v) is 10.0. The van der Waals surface area contributed by atoms with E-state index in [0.29, 0.717) is 10.5 Å². The van der Waals surface area contributed by atoms with Gasteiger partial charge in [-0.3, -0.25) is 4.79 Å². The van der Waals surface area contributed by atoms with Gasteiger partial charge in [-0.2, -0.15) is 26.3 Å². The van der Waals surface area contributed by atoms with E-state index in [4.69, 9.17) is 0 Å². The number of carbonyl (C=O) groups excluding carboxylic acids is 1. The number of aromatic nitrogens is 3. The Bertz CT molecular complexity index is 1260. The van der Waals surface area contributed by atoms with Gasteiger partial charge in [-0.1, -0.05) is 17.3 Å². The molecular formula is C23H19F6N3O4S. The predicted octanol–water partition coefficient (Wildman–Crippen LogP) is 5.76. The van der Waals surface area contributed by atoms with Crippen LogP contribution in [0.5, 0.6) is 0 Å². The average Bonchev–Trinajstić information content (AvgIpc) is 3.24. The van der Waals surface area contributed by atoms with Gasteiger partial charge in [0.2, 0.25) is 6.10 Å². The number of carboxylic acids is 1. The molecule has 0 aliphatic rings. The van der Waals surface area contributed by atoms with Gasteiger partial charge in [0, 0.05) is 4.90 Å². The van der Waals surface area contributed by atoms with E-state index in [0.717, 1.165) is 46.9 Å². The van der Waals surface area contributed by atoms with Gasteiger partial charge in [0.05, 0.1) is 23.9 Å². The number of nitrogens with zero attached hydrogens (tertiary/aromatic N) is 3. The minimum atomic E-state index is -5.04. The fourth-order valence-electron chi connectivity index (χ4n) is 2.96. The maximum atomic E-state index is 13.7. The Morgan fingerprint density at radius 2 is 1.59 bits per heavy atom. The van der Waals surface area contributed by atoms with E-state index in [2.05, 4.69) is 15.0 Å². The van der Waals surface area contributed by atoms with Crippen LogP contribution in [0.25, 0.3) is 0 Å². The monoisotopic (exact) mass is 547 g/mol. The number of hydrogen-bond acceptors (Lipinski definition) is 6. The van der Waals surface area contributed by atoms with Crippen LogP contribution < -0.4 is 0 Å². The number of halogens is 6. The summed E-state index contributed by atoms with van der Waals surface area (Å²) in [5.74, 6) is -2.37. The highest BCUT2D eigenvalue weighted by molar-refractivity contribution is 8.01. The smallest absolute Gasteiger partial charge is 0.431 e. The first-order valence-corrected chi connectivity index (χ1v) is 11.2. The van der Waals surface area contributed by atoms with Crippen molar-refractivity contribution in [2.75, 3.05) is 0 Å². The number of aliphatic carboxylic acids is 1. The van der Waals surface area contributed by atoms with Crippen molar-refractivity contribution in [1.29, 1.82) is 0 Å². The average molecular weight is 547 g/mol. The van der Waals surface area contributed by atoms with E-state index in [1.54, 1.807) is 0 Å². The van der Waals surface area contributed by atoms with E-state index in [1.165, 1.54) is 38.1 Å². The van der Waals surface area contributed by atoms with Crippen LogP contribution in [-0.4, -0.2) is 43.0 Å². The molecule has 0 saturated carbocycles. The summed E-state index contributed by atoms with van der Waals surface area (Å²) in [6.45, 7) is 2.77. The lowest BCUT2D eigenvalue weighted by Crippen LogP contribution is -2.27.